The second-order valence-corrected chi connectivity index (χ2v) is 5.88. The Bertz CT molecular complexity index is 943. The number of benzene rings is 2. The van der Waals surface area contributed by atoms with Crippen molar-refractivity contribution in [1.29, 1.82) is 0 Å². The Labute approximate surface area is 129 Å². The van der Waals surface area contributed by atoms with E-state index in [1.54, 1.807) is 0 Å². The van der Waals surface area contributed by atoms with Crippen LogP contribution in [-0.2, 0) is 6.54 Å². The quantitative estimate of drug-likeness (QED) is 0.561. The monoisotopic (exact) mass is 288 g/mol. The molecule has 2 aromatic heterocycles. The third-order valence-corrected chi connectivity index (χ3v) is 4.23. The average Bonchev–Trinajstić information content (AvgIpc) is 2.89. The average molecular weight is 288 g/mol. The molecule has 22 heavy (non-hydrogen) atoms. The maximum absolute atomic E-state index is 4.71. The fourth-order valence-corrected chi connectivity index (χ4v) is 2.85. The summed E-state index contributed by atoms with van der Waals surface area (Å²) in [6, 6.07) is 14.9. The Balaban J connectivity index is 1.72. The number of pyridine rings is 1. The molecule has 0 aliphatic heterocycles. The predicted octanol–water partition coefficient (Wildman–Crippen LogP) is 3.67. The highest BCUT2D eigenvalue weighted by atomic mass is 15.0. The number of H-pyrrole nitrogens is 1. The highest BCUT2D eigenvalue weighted by molar-refractivity contribution is 5.80. The predicted molar refractivity (Wildman–Crippen MR) is 88.8 cm³/mol. The van der Waals surface area contributed by atoms with Crippen molar-refractivity contribution in [3.63, 3.8) is 0 Å². The van der Waals surface area contributed by atoms with Gasteiger partial charge in [0.25, 0.3) is 0 Å². The van der Waals surface area contributed by atoms with Gasteiger partial charge in [0.1, 0.15) is 0 Å². The lowest BCUT2D eigenvalue weighted by molar-refractivity contribution is -0.688. The van der Waals surface area contributed by atoms with Crippen LogP contribution >= 0.6 is 0 Å². The van der Waals surface area contributed by atoms with Crippen molar-refractivity contribution in [3.05, 3.63) is 71.8 Å². The van der Waals surface area contributed by atoms with Crippen molar-refractivity contribution in [1.82, 2.24) is 9.97 Å². The van der Waals surface area contributed by atoms with Gasteiger partial charge in [-0.1, -0.05) is 18.2 Å². The minimum Gasteiger partial charge on any atom is -0.337 e. The van der Waals surface area contributed by atoms with E-state index in [-0.39, 0.29) is 0 Å². The molecule has 2 aromatic carbocycles. The summed E-state index contributed by atoms with van der Waals surface area (Å²) in [4.78, 5) is 8.14. The number of fused-ring (bicyclic) bond motifs is 2. The van der Waals surface area contributed by atoms with Crippen molar-refractivity contribution in [2.45, 2.75) is 20.4 Å². The highest BCUT2D eigenvalue weighted by Crippen LogP contribution is 2.17. The van der Waals surface area contributed by atoms with E-state index in [1.807, 2.05) is 0 Å². The van der Waals surface area contributed by atoms with Gasteiger partial charge < -0.3 is 4.98 Å². The lowest BCUT2D eigenvalue weighted by atomic mass is 10.1. The topological polar surface area (TPSA) is 32.6 Å². The molecule has 0 aliphatic rings. The lowest BCUT2D eigenvalue weighted by Gasteiger charge is -1.97. The van der Waals surface area contributed by atoms with E-state index in [1.165, 1.54) is 21.9 Å². The molecule has 0 amide bonds. The molecular weight excluding hydrogens is 270 g/mol. The first kappa shape index (κ1) is 13.0. The Morgan fingerprint density at radius 1 is 1.00 bits per heavy atom. The van der Waals surface area contributed by atoms with E-state index < -0.39 is 0 Å². The number of aromatic nitrogens is 3. The fraction of sp³-hybridized carbons (Fsp3) is 0.158. The maximum atomic E-state index is 4.71. The number of hydrogen-bond donors (Lipinski definition) is 1. The van der Waals surface area contributed by atoms with Crippen molar-refractivity contribution in [2.75, 3.05) is 0 Å². The van der Waals surface area contributed by atoms with Crippen molar-refractivity contribution in [3.8, 4) is 0 Å². The van der Waals surface area contributed by atoms with E-state index in [2.05, 4.69) is 78.3 Å². The number of hydrogen-bond acceptors (Lipinski definition) is 1. The zero-order valence-corrected chi connectivity index (χ0v) is 12.8. The van der Waals surface area contributed by atoms with Gasteiger partial charge in [-0.05, 0) is 48.6 Å². The van der Waals surface area contributed by atoms with Gasteiger partial charge in [-0.2, -0.15) is 4.57 Å². The van der Waals surface area contributed by atoms with E-state index in [0.29, 0.717) is 0 Å². The molecule has 1 N–H and O–H groups in total. The minimum atomic E-state index is 0.748. The molecule has 3 nitrogen and oxygen atoms in total. The summed E-state index contributed by atoms with van der Waals surface area (Å²) in [5.41, 5.74) is 4.73. The van der Waals surface area contributed by atoms with Crippen LogP contribution in [0.1, 0.15) is 17.0 Å². The molecule has 3 heteroatoms. The van der Waals surface area contributed by atoms with E-state index in [4.69, 9.17) is 4.98 Å². The van der Waals surface area contributed by atoms with Gasteiger partial charge in [-0.15, -0.1) is 0 Å². The number of aromatic amines is 1. The maximum Gasteiger partial charge on any atom is 0.205 e. The highest BCUT2D eigenvalue weighted by Gasteiger charge is 2.10. The first-order valence-corrected chi connectivity index (χ1v) is 7.53. The van der Waals surface area contributed by atoms with E-state index >= 15 is 0 Å². The number of rotatable bonds is 2. The molecular formula is C19H18N3+. The third kappa shape index (κ3) is 2.25. The first-order chi connectivity index (χ1) is 10.7. The van der Waals surface area contributed by atoms with Gasteiger partial charge >= 0.3 is 0 Å². The van der Waals surface area contributed by atoms with Crippen LogP contribution in [0.15, 0.2) is 54.9 Å². The molecule has 0 bridgehead atoms. The summed E-state index contributed by atoms with van der Waals surface area (Å²) in [5, 5.41) is 2.50. The summed E-state index contributed by atoms with van der Waals surface area (Å²) in [6.45, 7) is 5.01. The van der Waals surface area contributed by atoms with Crippen LogP contribution < -0.4 is 4.57 Å². The second-order valence-electron chi connectivity index (χ2n) is 5.88. The van der Waals surface area contributed by atoms with Gasteiger partial charge in [0, 0.05) is 11.5 Å². The summed E-state index contributed by atoms with van der Waals surface area (Å²) < 4.78 is 2.17. The number of nitrogens with one attached hydrogen (secondary N) is 1. The molecule has 4 aromatic rings. The normalized spacial score (nSPS) is 11.4. The van der Waals surface area contributed by atoms with Crippen LogP contribution in [0, 0.1) is 13.8 Å². The van der Waals surface area contributed by atoms with Gasteiger partial charge in [-0.25, -0.2) is 4.98 Å². The van der Waals surface area contributed by atoms with Crippen molar-refractivity contribution >= 4 is 21.8 Å². The largest absolute Gasteiger partial charge is 0.337 e. The van der Waals surface area contributed by atoms with Crippen LogP contribution in [0.3, 0.4) is 0 Å². The summed E-state index contributed by atoms with van der Waals surface area (Å²) in [6.07, 6.45) is 4.27. The van der Waals surface area contributed by atoms with Gasteiger partial charge in [0.05, 0.1) is 11.0 Å². The molecule has 0 atom stereocenters. The van der Waals surface area contributed by atoms with Gasteiger partial charge in [0.15, 0.2) is 18.2 Å². The van der Waals surface area contributed by atoms with Crippen LogP contribution in [0.25, 0.3) is 21.8 Å². The summed E-state index contributed by atoms with van der Waals surface area (Å²) >= 11 is 0. The minimum absolute atomic E-state index is 0.748. The molecule has 0 saturated carbocycles. The molecule has 2 heterocycles. The van der Waals surface area contributed by atoms with Crippen LogP contribution in [-0.4, -0.2) is 9.97 Å². The summed E-state index contributed by atoms with van der Waals surface area (Å²) in [7, 11) is 0. The molecule has 0 aliphatic carbocycles. The first-order valence-electron chi connectivity index (χ1n) is 7.53. The van der Waals surface area contributed by atoms with Gasteiger partial charge in [0.2, 0.25) is 6.54 Å². The number of nitrogens with zero attached hydrogens (tertiary/aromatic N) is 2. The Kier molecular flexibility index (Phi) is 2.93. The van der Waals surface area contributed by atoms with Crippen LogP contribution in [0.5, 0.6) is 0 Å². The Morgan fingerprint density at radius 2 is 1.77 bits per heavy atom. The molecule has 0 radical (unpaired) electrons. The molecule has 4 rings (SSSR count). The molecule has 0 spiro atoms. The van der Waals surface area contributed by atoms with Crippen LogP contribution in [0.2, 0.25) is 0 Å². The van der Waals surface area contributed by atoms with Crippen molar-refractivity contribution in [2.24, 2.45) is 0 Å². The van der Waals surface area contributed by atoms with Crippen molar-refractivity contribution < 1.29 is 4.57 Å². The standard InChI is InChI=1S/C19H18N3/c1-13-9-17-18(10-14(13)2)21-19(20-17)12-22-8-7-15-5-3-4-6-16(15)11-22/h3-11H,12H2,1-2H3,(H,20,21)/q+1. The molecule has 0 saturated heterocycles. The number of imidazole rings is 1. The lowest BCUT2D eigenvalue weighted by Crippen LogP contribution is -2.33. The summed E-state index contributed by atoms with van der Waals surface area (Å²) in [5.74, 6) is 0.986. The zero-order chi connectivity index (χ0) is 15.1. The third-order valence-electron chi connectivity index (χ3n) is 4.23. The number of aryl methyl sites for hydroxylation is 2. The second kappa shape index (κ2) is 4.95. The smallest absolute Gasteiger partial charge is 0.205 e. The molecule has 0 unspecified atom stereocenters. The molecule has 0 fully saturated rings. The SMILES string of the molecule is Cc1cc2nc(C[n+]3ccc4ccccc4c3)[nH]c2cc1C. The van der Waals surface area contributed by atoms with E-state index in [0.717, 1.165) is 23.4 Å². The fourth-order valence-electron chi connectivity index (χ4n) is 2.85. The van der Waals surface area contributed by atoms with Gasteiger partial charge in [-0.3, -0.25) is 0 Å². The van der Waals surface area contributed by atoms with Crippen LogP contribution in [0.4, 0.5) is 0 Å². The Hall–Kier alpha value is -2.68. The Morgan fingerprint density at radius 3 is 2.64 bits per heavy atom. The zero-order valence-electron chi connectivity index (χ0n) is 12.8. The van der Waals surface area contributed by atoms with E-state index in [9.17, 15) is 0 Å². The molecule has 108 valence electrons.